The number of amides is 2. The maximum absolute atomic E-state index is 12.6. The summed E-state index contributed by atoms with van der Waals surface area (Å²) in [6.07, 6.45) is 0.570. The molecule has 0 radical (unpaired) electrons. The number of nitrogens with zero attached hydrogens (tertiary/aromatic N) is 3. The lowest BCUT2D eigenvalue weighted by molar-refractivity contribution is -0.122. The summed E-state index contributed by atoms with van der Waals surface area (Å²) >= 11 is 0. The van der Waals surface area contributed by atoms with Crippen molar-refractivity contribution in [3.8, 4) is 5.75 Å². The maximum atomic E-state index is 12.6. The van der Waals surface area contributed by atoms with Crippen LogP contribution in [0.3, 0.4) is 0 Å². The fraction of sp³-hybridized carbons (Fsp3) is 0.258. The molecule has 0 unspecified atom stereocenters. The number of aromatic hydroxyl groups is 1. The molecule has 8 N–H and O–H groups in total. The van der Waals surface area contributed by atoms with Crippen molar-refractivity contribution in [2.24, 2.45) is 5.73 Å². The summed E-state index contributed by atoms with van der Waals surface area (Å²) in [4.78, 5) is 37.7. The number of anilines is 5. The molecule has 0 saturated carbocycles. The fourth-order valence-electron chi connectivity index (χ4n) is 3.85. The van der Waals surface area contributed by atoms with Crippen LogP contribution in [0, 0.1) is 0 Å². The normalized spacial score (nSPS) is 11.3. The van der Waals surface area contributed by atoms with Gasteiger partial charge in [0.2, 0.25) is 23.8 Å². The summed E-state index contributed by atoms with van der Waals surface area (Å²) in [6, 6.07) is 22.6. The highest BCUT2D eigenvalue weighted by atomic mass is 16.5. The highest BCUT2D eigenvalue weighted by molar-refractivity contribution is 5.94. The number of ether oxygens (including phenoxy) is 1. The van der Waals surface area contributed by atoms with Gasteiger partial charge in [-0.3, -0.25) is 9.59 Å². The van der Waals surface area contributed by atoms with Crippen LogP contribution >= 0.6 is 0 Å². The quantitative estimate of drug-likeness (QED) is 0.0739. The van der Waals surface area contributed by atoms with Crippen molar-refractivity contribution in [2.45, 2.75) is 25.9 Å². The number of hydrogen-bond acceptors (Lipinski definition) is 11. The summed E-state index contributed by atoms with van der Waals surface area (Å²) < 4.78 is 5.58. The van der Waals surface area contributed by atoms with Gasteiger partial charge in [-0.15, -0.1) is 0 Å². The van der Waals surface area contributed by atoms with E-state index in [4.69, 9.17) is 10.5 Å². The van der Waals surface area contributed by atoms with Crippen LogP contribution in [0.25, 0.3) is 0 Å². The molecule has 13 nitrogen and oxygen atoms in total. The SMILES string of the molecule is CC[C@@H](N)C(=O)NCCOCCNc1nc(Nc2ccc(O)cc2)nc(Nc2ccc(C(=O)NCc3ccccc3)cc2)n1. The molecular formula is C31H37N9O4. The van der Waals surface area contributed by atoms with Gasteiger partial charge in [0.15, 0.2) is 0 Å². The van der Waals surface area contributed by atoms with Gasteiger partial charge in [-0.25, -0.2) is 0 Å². The van der Waals surface area contributed by atoms with Gasteiger partial charge in [-0.05, 0) is 60.5 Å². The first-order valence-corrected chi connectivity index (χ1v) is 14.3. The van der Waals surface area contributed by atoms with Crippen LogP contribution in [-0.4, -0.2) is 64.2 Å². The number of carbonyl (C=O) groups is 2. The Bertz CT molecular complexity index is 1490. The second-order valence-corrected chi connectivity index (χ2v) is 9.69. The average Bonchev–Trinajstić information content (AvgIpc) is 3.04. The van der Waals surface area contributed by atoms with E-state index in [2.05, 4.69) is 41.5 Å². The Morgan fingerprint density at radius 2 is 1.39 bits per heavy atom. The lowest BCUT2D eigenvalue weighted by Gasteiger charge is -2.12. The number of aromatic nitrogens is 3. The van der Waals surface area contributed by atoms with Gasteiger partial charge in [0, 0.05) is 36.6 Å². The molecule has 0 fully saturated rings. The number of phenols is 1. The van der Waals surface area contributed by atoms with E-state index in [1.165, 1.54) is 0 Å². The molecule has 230 valence electrons. The molecule has 0 aliphatic heterocycles. The van der Waals surface area contributed by atoms with E-state index < -0.39 is 6.04 Å². The van der Waals surface area contributed by atoms with E-state index in [-0.39, 0.29) is 29.5 Å². The zero-order valence-electron chi connectivity index (χ0n) is 24.4. The van der Waals surface area contributed by atoms with Crippen molar-refractivity contribution < 1.29 is 19.4 Å². The predicted octanol–water partition coefficient (Wildman–Crippen LogP) is 3.28. The molecule has 0 spiro atoms. The summed E-state index contributed by atoms with van der Waals surface area (Å²) in [5.41, 5.74) is 8.58. The van der Waals surface area contributed by atoms with Crippen molar-refractivity contribution in [1.29, 1.82) is 0 Å². The first kappa shape index (κ1) is 31.7. The Balaban J connectivity index is 1.35. The fourth-order valence-corrected chi connectivity index (χ4v) is 3.85. The number of rotatable bonds is 16. The van der Waals surface area contributed by atoms with Crippen LogP contribution in [0.4, 0.5) is 29.2 Å². The van der Waals surface area contributed by atoms with Gasteiger partial charge in [0.1, 0.15) is 5.75 Å². The van der Waals surface area contributed by atoms with Crippen molar-refractivity contribution in [3.05, 3.63) is 90.0 Å². The molecule has 13 heteroatoms. The molecule has 0 aliphatic rings. The van der Waals surface area contributed by atoms with Crippen molar-refractivity contribution in [1.82, 2.24) is 25.6 Å². The van der Waals surface area contributed by atoms with Crippen molar-refractivity contribution >= 4 is 41.0 Å². The number of nitrogens with one attached hydrogen (secondary N) is 5. The number of phenolic OH excluding ortho intramolecular Hbond substituents is 1. The van der Waals surface area contributed by atoms with Gasteiger partial charge in [0.25, 0.3) is 5.91 Å². The van der Waals surface area contributed by atoms with E-state index >= 15 is 0 Å². The van der Waals surface area contributed by atoms with Gasteiger partial charge in [-0.2, -0.15) is 15.0 Å². The Morgan fingerprint density at radius 1 is 0.795 bits per heavy atom. The first-order chi connectivity index (χ1) is 21.4. The molecule has 44 heavy (non-hydrogen) atoms. The van der Waals surface area contributed by atoms with Crippen LogP contribution < -0.4 is 32.3 Å². The minimum absolute atomic E-state index is 0.140. The van der Waals surface area contributed by atoms with Gasteiger partial charge in [-0.1, -0.05) is 37.3 Å². The highest BCUT2D eigenvalue weighted by Crippen LogP contribution is 2.21. The van der Waals surface area contributed by atoms with Crippen molar-refractivity contribution in [2.75, 3.05) is 42.3 Å². The number of hydrogen-bond donors (Lipinski definition) is 7. The third kappa shape index (κ3) is 10.2. The predicted molar refractivity (Wildman–Crippen MR) is 169 cm³/mol. The minimum atomic E-state index is -0.518. The van der Waals surface area contributed by atoms with E-state index in [1.54, 1.807) is 48.5 Å². The summed E-state index contributed by atoms with van der Waals surface area (Å²) in [6.45, 7) is 3.73. The molecule has 1 heterocycles. The Morgan fingerprint density at radius 3 is 2.02 bits per heavy atom. The summed E-state index contributed by atoms with van der Waals surface area (Å²) in [5, 5.41) is 24.6. The topological polar surface area (TPSA) is 188 Å². The molecule has 0 bridgehead atoms. The molecule has 4 rings (SSSR count). The third-order valence-corrected chi connectivity index (χ3v) is 6.31. The zero-order valence-corrected chi connectivity index (χ0v) is 24.4. The average molecular weight is 600 g/mol. The minimum Gasteiger partial charge on any atom is -0.508 e. The van der Waals surface area contributed by atoms with E-state index in [0.717, 1.165) is 5.56 Å². The number of carbonyl (C=O) groups excluding carboxylic acids is 2. The molecule has 1 atom stereocenters. The van der Waals surface area contributed by atoms with E-state index in [1.807, 2.05) is 37.3 Å². The molecule has 0 saturated heterocycles. The second kappa shape index (κ2) is 16.4. The standard InChI is InChI=1S/C31H37N9O4/c1-2-26(32)28(43)33-16-18-44-19-17-34-29-38-30(40-31(39-29)37-24-12-14-25(41)15-13-24)36-23-10-8-22(9-11-23)27(42)35-20-21-6-4-3-5-7-21/h3-15,26,41H,2,16-20,32H2,1H3,(H,33,43)(H,35,42)(H3,34,36,37,38,39,40)/t26-/m1/s1. The summed E-state index contributed by atoms with van der Waals surface area (Å²) in [5.74, 6) is 0.590. The third-order valence-electron chi connectivity index (χ3n) is 6.31. The van der Waals surface area contributed by atoms with Crippen LogP contribution in [0.5, 0.6) is 5.75 Å². The zero-order chi connectivity index (χ0) is 31.1. The number of nitrogens with two attached hydrogens (primary N) is 1. The van der Waals surface area contributed by atoms with Gasteiger partial charge in [0.05, 0.1) is 19.3 Å². The van der Waals surface area contributed by atoms with Crippen molar-refractivity contribution in [3.63, 3.8) is 0 Å². The van der Waals surface area contributed by atoms with Gasteiger partial charge >= 0.3 is 0 Å². The Hall–Kier alpha value is -5.27. The highest BCUT2D eigenvalue weighted by Gasteiger charge is 2.11. The monoisotopic (exact) mass is 599 g/mol. The van der Waals surface area contributed by atoms with E-state index in [0.29, 0.717) is 62.2 Å². The molecular weight excluding hydrogens is 562 g/mol. The van der Waals surface area contributed by atoms with Gasteiger partial charge < -0.3 is 42.2 Å². The molecule has 0 aliphatic carbocycles. The van der Waals surface area contributed by atoms with Crippen LogP contribution in [-0.2, 0) is 16.1 Å². The lowest BCUT2D eigenvalue weighted by atomic mass is 10.2. The summed E-state index contributed by atoms with van der Waals surface area (Å²) in [7, 11) is 0. The number of benzene rings is 3. The van der Waals surface area contributed by atoms with Crippen LogP contribution in [0.2, 0.25) is 0 Å². The first-order valence-electron chi connectivity index (χ1n) is 14.3. The molecule has 4 aromatic rings. The van der Waals surface area contributed by atoms with E-state index in [9.17, 15) is 14.7 Å². The Labute approximate surface area is 255 Å². The Kier molecular flexibility index (Phi) is 11.8. The second-order valence-electron chi connectivity index (χ2n) is 9.69. The largest absolute Gasteiger partial charge is 0.508 e. The molecule has 1 aromatic heterocycles. The molecule has 3 aromatic carbocycles. The maximum Gasteiger partial charge on any atom is 0.251 e. The lowest BCUT2D eigenvalue weighted by Crippen LogP contribution is -2.41. The van der Waals surface area contributed by atoms with Crippen LogP contribution in [0.1, 0.15) is 29.3 Å². The molecule has 2 amide bonds. The smallest absolute Gasteiger partial charge is 0.251 e. The van der Waals surface area contributed by atoms with Crippen LogP contribution in [0.15, 0.2) is 78.9 Å².